The number of hydrazone groups is 1. The van der Waals surface area contributed by atoms with Crippen LogP contribution in [0, 0.1) is 12.7 Å². The molecule has 0 amide bonds. The highest BCUT2D eigenvalue weighted by molar-refractivity contribution is 9.10. The normalized spacial score (nSPS) is 14.0. The first-order chi connectivity index (χ1) is 16.3. The number of phenolic OH excluding ortho intramolecular Hbond substituents is 1. The van der Waals surface area contributed by atoms with Crippen molar-refractivity contribution in [2.24, 2.45) is 5.10 Å². The van der Waals surface area contributed by atoms with Crippen LogP contribution in [0.4, 0.5) is 27.5 Å². The molecule has 178 valence electrons. The summed E-state index contributed by atoms with van der Waals surface area (Å²) in [5, 5.41) is 18.5. The van der Waals surface area contributed by atoms with Gasteiger partial charge in [-0.2, -0.15) is 10.1 Å². The predicted octanol–water partition coefficient (Wildman–Crippen LogP) is 5.73. The lowest BCUT2D eigenvalue weighted by molar-refractivity contribution is 0.122. The Morgan fingerprint density at radius 3 is 2.76 bits per heavy atom. The molecular weight excluding hydrogens is 550 g/mol. The number of hydrogen-bond acceptors (Lipinski definition) is 8. The van der Waals surface area contributed by atoms with E-state index < -0.39 is 5.82 Å². The molecule has 1 aromatic heterocycles. The number of benzene rings is 2. The lowest BCUT2D eigenvalue weighted by Gasteiger charge is -2.27. The number of nitrogens with zero attached hydrogens (tertiary/aromatic N) is 4. The van der Waals surface area contributed by atoms with E-state index in [0.717, 1.165) is 11.8 Å². The van der Waals surface area contributed by atoms with Gasteiger partial charge in [-0.3, -0.25) is 0 Å². The number of ether oxygens (including phenoxy) is 1. The Bertz CT molecular complexity index is 1220. The zero-order chi connectivity index (χ0) is 24.2. The Balaban J connectivity index is 1.53. The van der Waals surface area contributed by atoms with Crippen LogP contribution in [0.3, 0.4) is 0 Å². The molecule has 12 heteroatoms. The van der Waals surface area contributed by atoms with E-state index in [9.17, 15) is 9.50 Å². The average Bonchev–Trinajstić information content (AvgIpc) is 2.83. The molecular formula is C22H20BrCl2FN6O2. The van der Waals surface area contributed by atoms with E-state index in [0.29, 0.717) is 52.7 Å². The van der Waals surface area contributed by atoms with Gasteiger partial charge in [-0.15, -0.1) is 0 Å². The van der Waals surface area contributed by atoms with Crippen LogP contribution in [0.25, 0.3) is 0 Å². The average molecular weight is 570 g/mol. The summed E-state index contributed by atoms with van der Waals surface area (Å²) < 4.78 is 20.1. The van der Waals surface area contributed by atoms with Crippen LogP contribution in [0.2, 0.25) is 10.0 Å². The van der Waals surface area contributed by atoms with Gasteiger partial charge >= 0.3 is 0 Å². The second-order valence-electron chi connectivity index (χ2n) is 7.38. The van der Waals surface area contributed by atoms with Crippen molar-refractivity contribution in [1.82, 2.24) is 9.97 Å². The smallest absolute Gasteiger partial charge is 0.245 e. The van der Waals surface area contributed by atoms with E-state index in [2.05, 4.69) is 41.7 Å². The van der Waals surface area contributed by atoms with Crippen LogP contribution in [-0.4, -0.2) is 47.6 Å². The summed E-state index contributed by atoms with van der Waals surface area (Å²) in [4.78, 5) is 9.89. The van der Waals surface area contributed by atoms with Gasteiger partial charge in [0.25, 0.3) is 0 Å². The minimum absolute atomic E-state index is 0.0859. The van der Waals surface area contributed by atoms with Crippen LogP contribution in [0.1, 0.15) is 11.1 Å². The fraction of sp³-hybridized carbons (Fsp3) is 0.227. The van der Waals surface area contributed by atoms with Crippen LogP contribution < -0.4 is 15.6 Å². The van der Waals surface area contributed by atoms with Crippen LogP contribution >= 0.6 is 39.1 Å². The lowest BCUT2D eigenvalue weighted by atomic mass is 10.1. The highest BCUT2D eigenvalue weighted by atomic mass is 79.9. The fourth-order valence-corrected chi connectivity index (χ4v) is 4.51. The number of morpholine rings is 1. The predicted molar refractivity (Wildman–Crippen MR) is 137 cm³/mol. The molecule has 8 nitrogen and oxygen atoms in total. The second kappa shape index (κ2) is 10.7. The number of rotatable bonds is 6. The topological polar surface area (TPSA) is 94.9 Å². The SMILES string of the molecule is Cc1cccc(Cl)c1Nc1c(Br)cc(/C=N\Nc2ncc(F)c(N3CCOCC3)n2)c(O)c1Cl. The van der Waals surface area contributed by atoms with Gasteiger partial charge in [-0.25, -0.2) is 14.8 Å². The van der Waals surface area contributed by atoms with Crippen molar-refractivity contribution >= 4 is 68.5 Å². The molecule has 34 heavy (non-hydrogen) atoms. The number of aromatic hydroxyl groups is 1. The third kappa shape index (κ3) is 5.35. The Kier molecular flexibility index (Phi) is 7.72. The maximum absolute atomic E-state index is 14.2. The number of halogens is 4. The number of aryl methyl sites for hydroxylation is 1. The molecule has 0 radical (unpaired) electrons. The van der Waals surface area contributed by atoms with E-state index >= 15 is 0 Å². The monoisotopic (exact) mass is 568 g/mol. The standard InChI is InChI=1S/C22H20BrCl2FN6O2/c1-12-3-2-4-15(24)18(12)29-19-14(23)9-13(20(33)17(19)25)10-28-31-22-27-11-16(26)21(30-22)32-5-7-34-8-6-32/h2-4,9-11,29,33H,5-8H2,1H3,(H,27,30,31)/b28-10-. The van der Waals surface area contributed by atoms with Crippen LogP contribution in [-0.2, 0) is 4.74 Å². The molecule has 0 spiro atoms. The Morgan fingerprint density at radius 2 is 2.03 bits per heavy atom. The Morgan fingerprint density at radius 1 is 1.26 bits per heavy atom. The molecule has 1 aliphatic heterocycles. The third-order valence-electron chi connectivity index (χ3n) is 5.10. The van der Waals surface area contributed by atoms with Crippen molar-refractivity contribution in [3.05, 3.63) is 61.9 Å². The summed E-state index contributed by atoms with van der Waals surface area (Å²) >= 11 is 16.2. The molecule has 1 aliphatic rings. The molecule has 0 unspecified atom stereocenters. The van der Waals surface area contributed by atoms with Gasteiger partial charge in [0.2, 0.25) is 5.95 Å². The molecule has 1 fully saturated rings. The molecule has 0 aliphatic carbocycles. The fourth-order valence-electron chi connectivity index (χ4n) is 3.32. The van der Waals surface area contributed by atoms with Crippen molar-refractivity contribution in [2.45, 2.75) is 6.92 Å². The number of para-hydroxylation sites is 1. The number of anilines is 4. The minimum Gasteiger partial charge on any atom is -0.506 e. The molecule has 0 saturated carbocycles. The first-order valence-corrected chi connectivity index (χ1v) is 11.8. The first-order valence-electron chi connectivity index (χ1n) is 10.2. The Hall–Kier alpha value is -2.66. The van der Waals surface area contributed by atoms with Crippen molar-refractivity contribution in [2.75, 3.05) is 41.9 Å². The second-order valence-corrected chi connectivity index (χ2v) is 9.02. The third-order valence-corrected chi connectivity index (χ3v) is 6.41. The maximum Gasteiger partial charge on any atom is 0.245 e. The van der Waals surface area contributed by atoms with E-state index in [1.54, 1.807) is 17.0 Å². The molecule has 3 N–H and O–H groups in total. The van der Waals surface area contributed by atoms with Crippen molar-refractivity contribution < 1.29 is 14.2 Å². The van der Waals surface area contributed by atoms with Crippen LogP contribution in [0.15, 0.2) is 40.0 Å². The molecule has 2 heterocycles. The molecule has 2 aromatic carbocycles. The molecule has 0 atom stereocenters. The van der Waals surface area contributed by atoms with Gasteiger partial charge in [0.15, 0.2) is 11.6 Å². The van der Waals surface area contributed by atoms with Crippen molar-refractivity contribution in [3.8, 4) is 5.75 Å². The van der Waals surface area contributed by atoms with E-state index in [1.165, 1.54) is 6.21 Å². The summed E-state index contributed by atoms with van der Waals surface area (Å²) in [5.74, 6) is -0.426. The quantitative estimate of drug-likeness (QED) is 0.258. The van der Waals surface area contributed by atoms with Gasteiger partial charge < -0.3 is 20.1 Å². The van der Waals surface area contributed by atoms with Gasteiger partial charge in [0.1, 0.15) is 10.8 Å². The highest BCUT2D eigenvalue weighted by Gasteiger charge is 2.18. The summed E-state index contributed by atoms with van der Waals surface area (Å²) in [6.07, 6.45) is 2.44. The number of hydrogen-bond donors (Lipinski definition) is 3. The van der Waals surface area contributed by atoms with Gasteiger partial charge in [0, 0.05) is 23.1 Å². The van der Waals surface area contributed by atoms with Crippen LogP contribution in [0.5, 0.6) is 5.75 Å². The number of nitrogens with one attached hydrogen (secondary N) is 2. The van der Waals surface area contributed by atoms with Crippen molar-refractivity contribution in [1.29, 1.82) is 0 Å². The number of aromatic nitrogens is 2. The summed E-state index contributed by atoms with van der Waals surface area (Å²) in [7, 11) is 0. The molecule has 4 rings (SSSR count). The van der Waals surface area contributed by atoms with Gasteiger partial charge in [-0.1, -0.05) is 35.3 Å². The minimum atomic E-state index is -0.526. The van der Waals surface area contributed by atoms with Gasteiger partial charge in [0.05, 0.1) is 42.0 Å². The lowest BCUT2D eigenvalue weighted by Crippen LogP contribution is -2.37. The van der Waals surface area contributed by atoms with Crippen molar-refractivity contribution in [3.63, 3.8) is 0 Å². The Labute approximate surface area is 213 Å². The van der Waals surface area contributed by atoms with E-state index in [1.807, 2.05) is 19.1 Å². The zero-order valence-corrected chi connectivity index (χ0v) is 21.0. The van der Waals surface area contributed by atoms with E-state index in [4.69, 9.17) is 27.9 Å². The summed E-state index contributed by atoms with van der Waals surface area (Å²) in [6, 6.07) is 7.15. The molecule has 1 saturated heterocycles. The zero-order valence-electron chi connectivity index (χ0n) is 17.9. The first kappa shape index (κ1) is 24.5. The highest BCUT2D eigenvalue weighted by Crippen LogP contribution is 2.42. The molecule has 3 aromatic rings. The van der Waals surface area contributed by atoms with Gasteiger partial charge in [-0.05, 0) is 40.5 Å². The number of phenols is 1. The maximum atomic E-state index is 14.2. The van der Waals surface area contributed by atoms with E-state index in [-0.39, 0.29) is 22.5 Å². The molecule has 0 bridgehead atoms. The summed E-state index contributed by atoms with van der Waals surface area (Å²) in [6.45, 7) is 3.97. The summed E-state index contributed by atoms with van der Waals surface area (Å²) in [5.41, 5.74) is 5.04. The largest absolute Gasteiger partial charge is 0.506 e.